The van der Waals surface area contributed by atoms with Gasteiger partial charge in [0.05, 0.1) is 17.0 Å². The second kappa shape index (κ2) is 5.61. The normalized spacial score (nSPS) is 11.6. The summed E-state index contributed by atoms with van der Waals surface area (Å²) in [5, 5.41) is 0.115. The number of hydrogen-bond acceptors (Lipinski definition) is 5. The molecule has 0 bridgehead atoms. The van der Waals surface area contributed by atoms with E-state index in [4.69, 9.17) is 4.74 Å². The van der Waals surface area contributed by atoms with Crippen LogP contribution in [0, 0.1) is 0 Å². The third kappa shape index (κ3) is 3.01. The summed E-state index contributed by atoms with van der Waals surface area (Å²) >= 11 is 3.16. The summed E-state index contributed by atoms with van der Waals surface area (Å²) in [6.07, 6.45) is 2.30. The second-order valence-electron chi connectivity index (χ2n) is 4.35. The number of halogens is 1. The molecule has 0 amide bonds. The van der Waals surface area contributed by atoms with Crippen molar-refractivity contribution in [2.75, 3.05) is 12.9 Å². The summed E-state index contributed by atoms with van der Waals surface area (Å²) < 4.78 is 28.5. The van der Waals surface area contributed by atoms with Crippen LogP contribution in [0.3, 0.4) is 0 Å². The van der Waals surface area contributed by atoms with Crippen LogP contribution in [0.1, 0.15) is 17.3 Å². The van der Waals surface area contributed by atoms with Gasteiger partial charge in [-0.05, 0) is 35.0 Å². The third-order valence-electron chi connectivity index (χ3n) is 2.83. The van der Waals surface area contributed by atoms with Crippen molar-refractivity contribution in [1.82, 2.24) is 4.98 Å². The molecule has 0 aliphatic heterocycles. The van der Waals surface area contributed by atoms with Gasteiger partial charge in [-0.25, -0.2) is 13.2 Å². The van der Waals surface area contributed by atoms with Crippen molar-refractivity contribution in [1.29, 1.82) is 0 Å². The molecule has 2 rings (SSSR count). The smallest absolute Gasteiger partial charge is 0.343 e. The lowest BCUT2D eigenvalue weighted by molar-refractivity contribution is 0.0524. The van der Waals surface area contributed by atoms with Gasteiger partial charge in [0.15, 0.2) is 9.84 Å². The van der Waals surface area contributed by atoms with Crippen LogP contribution in [0.25, 0.3) is 10.9 Å². The van der Waals surface area contributed by atoms with Gasteiger partial charge in [0.2, 0.25) is 5.43 Å². The first-order valence-corrected chi connectivity index (χ1v) is 8.66. The van der Waals surface area contributed by atoms with E-state index in [0.29, 0.717) is 9.99 Å². The lowest BCUT2D eigenvalue weighted by atomic mass is 10.1. The van der Waals surface area contributed by atoms with E-state index in [1.807, 2.05) is 0 Å². The molecule has 1 aromatic heterocycles. The Morgan fingerprint density at radius 1 is 1.38 bits per heavy atom. The molecule has 0 fully saturated rings. The zero-order valence-electron chi connectivity index (χ0n) is 11.3. The van der Waals surface area contributed by atoms with Crippen molar-refractivity contribution in [3.8, 4) is 0 Å². The molecule has 1 aromatic carbocycles. The van der Waals surface area contributed by atoms with Gasteiger partial charge in [-0.3, -0.25) is 4.79 Å². The van der Waals surface area contributed by atoms with Gasteiger partial charge < -0.3 is 9.72 Å². The van der Waals surface area contributed by atoms with Crippen LogP contribution in [0.2, 0.25) is 0 Å². The Kier molecular flexibility index (Phi) is 4.20. The number of aromatic nitrogens is 1. The van der Waals surface area contributed by atoms with Crippen molar-refractivity contribution in [2.45, 2.75) is 11.8 Å². The number of nitrogens with one attached hydrogen (secondary N) is 1. The number of carbonyl (C=O) groups is 1. The molecule has 0 unspecified atom stereocenters. The number of fused-ring (bicyclic) bond motifs is 1. The predicted molar refractivity (Wildman–Crippen MR) is 81.3 cm³/mol. The number of carbonyl (C=O) groups excluding carboxylic acids is 1. The van der Waals surface area contributed by atoms with Gasteiger partial charge in [-0.15, -0.1) is 0 Å². The summed E-state index contributed by atoms with van der Waals surface area (Å²) in [6.45, 7) is 1.78. The van der Waals surface area contributed by atoms with Crippen LogP contribution >= 0.6 is 15.9 Å². The van der Waals surface area contributed by atoms with Crippen LogP contribution in [0.15, 0.2) is 32.5 Å². The van der Waals surface area contributed by atoms with Crippen LogP contribution < -0.4 is 5.43 Å². The largest absolute Gasteiger partial charge is 0.462 e. The number of H-pyrrole nitrogens is 1. The number of hydrogen-bond donors (Lipinski definition) is 1. The summed E-state index contributed by atoms with van der Waals surface area (Å²) in [4.78, 5) is 26.8. The summed E-state index contributed by atoms with van der Waals surface area (Å²) in [6, 6.07) is 2.73. The topological polar surface area (TPSA) is 93.3 Å². The number of aromatic amines is 1. The second-order valence-corrected chi connectivity index (χ2v) is 7.19. The highest BCUT2D eigenvalue weighted by Gasteiger charge is 2.18. The van der Waals surface area contributed by atoms with E-state index in [-0.39, 0.29) is 22.5 Å². The highest BCUT2D eigenvalue weighted by atomic mass is 79.9. The Labute approximate surface area is 129 Å². The molecule has 0 saturated carbocycles. The number of sulfone groups is 1. The first-order valence-electron chi connectivity index (χ1n) is 5.97. The number of rotatable bonds is 3. The molecule has 112 valence electrons. The fraction of sp³-hybridized carbons (Fsp3) is 0.231. The SMILES string of the molecule is CCOC(=O)c1c[nH]c2cc(Br)c(S(C)(=O)=O)cc2c1=O. The highest BCUT2D eigenvalue weighted by molar-refractivity contribution is 9.10. The van der Waals surface area contributed by atoms with Gasteiger partial charge in [0.1, 0.15) is 5.56 Å². The molecule has 1 N–H and O–H groups in total. The molecule has 2 aromatic rings. The standard InChI is InChI=1S/C13H12BrNO5S/c1-3-20-13(17)8-6-15-10-5-9(14)11(21(2,18)19)4-7(10)12(8)16/h4-6H,3H2,1-2H3,(H,15,16). The molecular formula is C13H12BrNO5S. The molecule has 0 aliphatic carbocycles. The van der Waals surface area contributed by atoms with E-state index in [9.17, 15) is 18.0 Å². The molecule has 1 heterocycles. The molecule has 0 radical (unpaired) electrons. The van der Waals surface area contributed by atoms with Crippen molar-refractivity contribution < 1.29 is 17.9 Å². The zero-order valence-corrected chi connectivity index (χ0v) is 13.7. The molecule has 8 heteroatoms. The average molecular weight is 374 g/mol. The van der Waals surface area contributed by atoms with E-state index in [1.54, 1.807) is 6.92 Å². The lowest BCUT2D eigenvalue weighted by Gasteiger charge is -2.07. The van der Waals surface area contributed by atoms with Crippen LogP contribution in [-0.4, -0.2) is 32.2 Å². The minimum Gasteiger partial charge on any atom is -0.462 e. The third-order valence-corrected chi connectivity index (χ3v) is 4.88. The Morgan fingerprint density at radius 3 is 2.62 bits per heavy atom. The molecular weight excluding hydrogens is 362 g/mol. The molecule has 21 heavy (non-hydrogen) atoms. The Bertz CT molecular complexity index is 885. The summed E-state index contributed by atoms with van der Waals surface area (Å²) in [5.74, 6) is -0.746. The van der Waals surface area contributed by atoms with Gasteiger partial charge in [0, 0.05) is 22.3 Å². The number of esters is 1. The van der Waals surface area contributed by atoms with Crippen molar-refractivity contribution >= 4 is 42.6 Å². The van der Waals surface area contributed by atoms with Crippen molar-refractivity contribution in [2.24, 2.45) is 0 Å². The van der Waals surface area contributed by atoms with E-state index in [2.05, 4.69) is 20.9 Å². The molecule has 6 nitrogen and oxygen atoms in total. The number of benzene rings is 1. The van der Waals surface area contributed by atoms with E-state index >= 15 is 0 Å². The summed E-state index contributed by atoms with van der Waals surface area (Å²) in [7, 11) is -3.50. The Hall–Kier alpha value is -1.67. The number of ether oxygens (including phenoxy) is 1. The molecule has 0 aliphatic rings. The van der Waals surface area contributed by atoms with Gasteiger partial charge in [0.25, 0.3) is 0 Å². The quantitative estimate of drug-likeness (QED) is 0.828. The van der Waals surface area contributed by atoms with Gasteiger partial charge >= 0.3 is 5.97 Å². The van der Waals surface area contributed by atoms with Crippen LogP contribution in [0.5, 0.6) is 0 Å². The predicted octanol–water partition coefficient (Wildman–Crippen LogP) is 1.87. The van der Waals surface area contributed by atoms with Crippen molar-refractivity contribution in [3.05, 3.63) is 38.6 Å². The maximum atomic E-state index is 12.3. The van der Waals surface area contributed by atoms with E-state index < -0.39 is 21.2 Å². The monoisotopic (exact) mass is 373 g/mol. The van der Waals surface area contributed by atoms with E-state index in [0.717, 1.165) is 6.26 Å². The van der Waals surface area contributed by atoms with Crippen molar-refractivity contribution in [3.63, 3.8) is 0 Å². The maximum absolute atomic E-state index is 12.3. The van der Waals surface area contributed by atoms with Gasteiger partial charge in [-0.2, -0.15) is 0 Å². The fourth-order valence-electron chi connectivity index (χ4n) is 1.87. The van der Waals surface area contributed by atoms with Crippen LogP contribution in [-0.2, 0) is 14.6 Å². The highest BCUT2D eigenvalue weighted by Crippen LogP contribution is 2.25. The fourth-order valence-corrected chi connectivity index (χ4v) is 3.84. The molecule has 0 atom stereocenters. The Morgan fingerprint density at radius 2 is 2.05 bits per heavy atom. The molecule has 0 saturated heterocycles. The van der Waals surface area contributed by atoms with Gasteiger partial charge in [-0.1, -0.05) is 0 Å². The maximum Gasteiger partial charge on any atom is 0.343 e. The first kappa shape index (κ1) is 15.7. The Balaban J connectivity index is 2.78. The minimum atomic E-state index is -3.50. The van der Waals surface area contributed by atoms with E-state index in [1.165, 1.54) is 18.3 Å². The molecule has 0 spiro atoms. The lowest BCUT2D eigenvalue weighted by Crippen LogP contribution is -2.18. The van der Waals surface area contributed by atoms with Crippen LogP contribution in [0.4, 0.5) is 0 Å². The first-order chi connectivity index (χ1) is 9.75. The average Bonchev–Trinajstić information content (AvgIpc) is 2.37. The number of pyridine rings is 1. The summed E-state index contributed by atoms with van der Waals surface area (Å²) in [5.41, 5.74) is -0.307. The minimum absolute atomic E-state index is 0.0125. The zero-order chi connectivity index (χ0) is 15.8.